The van der Waals surface area contributed by atoms with E-state index in [0.717, 1.165) is 15.6 Å². The summed E-state index contributed by atoms with van der Waals surface area (Å²) in [4.78, 5) is 36.7. The summed E-state index contributed by atoms with van der Waals surface area (Å²) < 4.78 is 5.96. The molecule has 1 aromatic heterocycles. The molecule has 1 heterocycles. The molecule has 0 saturated carbocycles. The van der Waals surface area contributed by atoms with Crippen LogP contribution in [0.15, 0.2) is 54.6 Å². The van der Waals surface area contributed by atoms with E-state index in [1.165, 1.54) is 18.3 Å². The first kappa shape index (κ1) is 20.8. The number of hydrogen-bond acceptors (Lipinski definition) is 5. The van der Waals surface area contributed by atoms with Crippen LogP contribution in [0.5, 0.6) is 0 Å². The molecule has 0 bridgehead atoms. The Morgan fingerprint density at radius 1 is 1.03 bits per heavy atom. The van der Waals surface area contributed by atoms with Gasteiger partial charge in [0.15, 0.2) is 6.10 Å². The quantitative estimate of drug-likeness (QED) is 0.561. The van der Waals surface area contributed by atoms with Gasteiger partial charge in [0.05, 0.1) is 5.02 Å². The molecule has 2 N–H and O–H groups in total. The lowest BCUT2D eigenvalue weighted by molar-refractivity contribution is -0.153. The Morgan fingerprint density at radius 2 is 1.72 bits per heavy atom. The summed E-state index contributed by atoms with van der Waals surface area (Å²) in [6, 6.07) is 16.8. The first-order valence-corrected chi connectivity index (χ1v) is 10.1. The molecule has 2 amide bonds. The Morgan fingerprint density at radius 3 is 2.45 bits per heavy atom. The summed E-state index contributed by atoms with van der Waals surface area (Å²) in [5, 5.41) is 6.32. The zero-order valence-electron chi connectivity index (χ0n) is 15.6. The van der Waals surface area contributed by atoms with Crippen LogP contribution >= 0.6 is 22.9 Å². The fraction of sp³-hybridized carbons (Fsp3) is 0.190. The van der Waals surface area contributed by atoms with Crippen LogP contribution in [-0.4, -0.2) is 30.4 Å². The molecule has 0 saturated heterocycles. The third-order valence-electron chi connectivity index (χ3n) is 4.12. The summed E-state index contributed by atoms with van der Waals surface area (Å²) in [7, 11) is 0. The van der Waals surface area contributed by atoms with Gasteiger partial charge in [-0.25, -0.2) is 0 Å². The van der Waals surface area contributed by atoms with E-state index in [9.17, 15) is 14.4 Å². The average Bonchev–Trinajstić information content (AvgIpc) is 3.08. The van der Waals surface area contributed by atoms with Crippen molar-refractivity contribution in [3.63, 3.8) is 0 Å². The minimum absolute atomic E-state index is 0.328. The molecule has 8 heteroatoms. The maximum absolute atomic E-state index is 12.3. The molecule has 1 atom stereocenters. The van der Waals surface area contributed by atoms with Crippen LogP contribution in [0.3, 0.4) is 0 Å². The first-order valence-electron chi connectivity index (χ1n) is 8.92. The van der Waals surface area contributed by atoms with Gasteiger partial charge in [-0.2, -0.15) is 0 Å². The predicted octanol–water partition coefficient (Wildman–Crippen LogP) is 3.53. The van der Waals surface area contributed by atoms with Gasteiger partial charge in [-0.05, 0) is 18.6 Å². The van der Waals surface area contributed by atoms with E-state index < -0.39 is 23.9 Å². The number of benzene rings is 2. The smallest absolute Gasteiger partial charge is 0.326 e. The van der Waals surface area contributed by atoms with Gasteiger partial charge in [-0.3, -0.25) is 14.4 Å². The topological polar surface area (TPSA) is 84.5 Å². The van der Waals surface area contributed by atoms with Crippen molar-refractivity contribution < 1.29 is 19.1 Å². The number of halogens is 1. The summed E-state index contributed by atoms with van der Waals surface area (Å²) in [5.41, 5.74) is 0.937. The Balaban J connectivity index is 1.47. The number of thiophene rings is 1. The molecule has 0 radical (unpaired) electrons. The zero-order chi connectivity index (χ0) is 20.8. The van der Waals surface area contributed by atoms with E-state index in [2.05, 4.69) is 10.6 Å². The van der Waals surface area contributed by atoms with Crippen LogP contribution < -0.4 is 10.6 Å². The van der Waals surface area contributed by atoms with Crippen LogP contribution in [0.1, 0.15) is 22.2 Å². The summed E-state index contributed by atoms with van der Waals surface area (Å²) in [5.74, 6) is -1.59. The molecule has 3 aromatic rings. The minimum Gasteiger partial charge on any atom is -0.451 e. The molecular weight excluding hydrogens is 412 g/mol. The van der Waals surface area contributed by atoms with Crippen LogP contribution in [0.2, 0.25) is 5.02 Å². The molecule has 6 nitrogen and oxygen atoms in total. The SMILES string of the molecule is CC(OC(=O)CNC(=O)c1sc2ccccc2c1Cl)C(=O)NCc1ccccc1. The van der Waals surface area contributed by atoms with Crippen molar-refractivity contribution in [2.24, 2.45) is 0 Å². The highest BCUT2D eigenvalue weighted by Gasteiger charge is 2.20. The highest BCUT2D eigenvalue weighted by atomic mass is 35.5. The number of amides is 2. The van der Waals surface area contributed by atoms with Gasteiger partial charge < -0.3 is 15.4 Å². The third-order valence-corrected chi connectivity index (χ3v) is 5.80. The van der Waals surface area contributed by atoms with Crippen LogP contribution in [0, 0.1) is 0 Å². The molecule has 150 valence electrons. The Hall–Kier alpha value is -2.90. The second-order valence-electron chi connectivity index (χ2n) is 6.26. The first-order chi connectivity index (χ1) is 14.0. The Bertz CT molecular complexity index is 1040. The van der Waals surface area contributed by atoms with Gasteiger partial charge in [0.2, 0.25) is 0 Å². The number of carbonyl (C=O) groups is 3. The Labute approximate surface area is 176 Å². The monoisotopic (exact) mass is 430 g/mol. The van der Waals surface area contributed by atoms with Crippen LogP contribution in [0.25, 0.3) is 10.1 Å². The lowest BCUT2D eigenvalue weighted by atomic mass is 10.2. The van der Waals surface area contributed by atoms with Crippen LogP contribution in [0.4, 0.5) is 0 Å². The lowest BCUT2D eigenvalue weighted by Crippen LogP contribution is -2.38. The van der Waals surface area contributed by atoms with E-state index in [0.29, 0.717) is 16.4 Å². The van der Waals surface area contributed by atoms with Crippen LogP contribution in [-0.2, 0) is 20.9 Å². The molecule has 3 rings (SSSR count). The highest BCUT2D eigenvalue weighted by molar-refractivity contribution is 7.21. The molecule has 1 unspecified atom stereocenters. The van der Waals surface area contributed by atoms with Crippen molar-refractivity contribution in [1.82, 2.24) is 10.6 Å². The number of rotatable bonds is 7. The number of fused-ring (bicyclic) bond motifs is 1. The van der Waals surface area contributed by atoms with Gasteiger partial charge in [0.25, 0.3) is 11.8 Å². The predicted molar refractivity (Wildman–Crippen MR) is 113 cm³/mol. The van der Waals surface area contributed by atoms with E-state index in [1.807, 2.05) is 54.6 Å². The summed E-state index contributed by atoms with van der Waals surface area (Å²) in [6.45, 7) is 1.45. The number of esters is 1. The van der Waals surface area contributed by atoms with E-state index >= 15 is 0 Å². The summed E-state index contributed by atoms with van der Waals surface area (Å²) >= 11 is 7.51. The van der Waals surface area contributed by atoms with Crippen molar-refractivity contribution in [3.05, 3.63) is 70.1 Å². The normalized spacial score (nSPS) is 11.7. The number of hydrogen-bond donors (Lipinski definition) is 2. The molecule has 0 fully saturated rings. The van der Waals surface area contributed by atoms with Crippen molar-refractivity contribution in [2.75, 3.05) is 6.54 Å². The second-order valence-corrected chi connectivity index (χ2v) is 7.69. The maximum Gasteiger partial charge on any atom is 0.326 e. The standard InChI is InChI=1S/C21H19ClN2O4S/c1-13(20(26)23-11-14-7-3-2-4-8-14)28-17(25)12-24-21(27)19-18(22)15-9-5-6-10-16(15)29-19/h2-10,13H,11-12H2,1H3,(H,23,26)(H,24,27). The molecule has 0 aliphatic carbocycles. The maximum atomic E-state index is 12.3. The number of ether oxygens (including phenoxy) is 1. The van der Waals surface area contributed by atoms with Crippen molar-refractivity contribution in [3.8, 4) is 0 Å². The molecule has 0 spiro atoms. The average molecular weight is 431 g/mol. The number of nitrogens with one attached hydrogen (secondary N) is 2. The fourth-order valence-corrected chi connectivity index (χ4v) is 4.05. The van der Waals surface area contributed by atoms with E-state index in [-0.39, 0.29) is 6.54 Å². The lowest BCUT2D eigenvalue weighted by Gasteiger charge is -2.14. The second kappa shape index (κ2) is 9.54. The fourth-order valence-electron chi connectivity index (χ4n) is 2.61. The molecule has 0 aliphatic heterocycles. The van der Waals surface area contributed by atoms with Gasteiger partial charge in [0, 0.05) is 16.6 Å². The molecule has 0 aliphatic rings. The largest absolute Gasteiger partial charge is 0.451 e. The van der Waals surface area contributed by atoms with Gasteiger partial charge in [-0.1, -0.05) is 60.1 Å². The van der Waals surface area contributed by atoms with Crippen molar-refractivity contribution >= 4 is 50.8 Å². The Kier molecular flexibility index (Phi) is 6.85. The highest BCUT2D eigenvalue weighted by Crippen LogP contribution is 2.34. The van der Waals surface area contributed by atoms with Crippen molar-refractivity contribution in [2.45, 2.75) is 19.6 Å². The molecular formula is C21H19ClN2O4S. The third kappa shape index (κ3) is 5.34. The van der Waals surface area contributed by atoms with E-state index in [4.69, 9.17) is 16.3 Å². The van der Waals surface area contributed by atoms with E-state index in [1.54, 1.807) is 0 Å². The molecule has 2 aromatic carbocycles. The van der Waals surface area contributed by atoms with Gasteiger partial charge >= 0.3 is 5.97 Å². The molecule has 29 heavy (non-hydrogen) atoms. The van der Waals surface area contributed by atoms with Gasteiger partial charge in [0.1, 0.15) is 11.4 Å². The van der Waals surface area contributed by atoms with Gasteiger partial charge in [-0.15, -0.1) is 11.3 Å². The number of carbonyl (C=O) groups excluding carboxylic acids is 3. The summed E-state index contributed by atoms with van der Waals surface area (Å²) in [6.07, 6.45) is -0.976. The van der Waals surface area contributed by atoms with Crippen molar-refractivity contribution in [1.29, 1.82) is 0 Å². The zero-order valence-corrected chi connectivity index (χ0v) is 17.2. The minimum atomic E-state index is -0.976.